The Morgan fingerprint density at radius 3 is 2.23 bits per heavy atom. The minimum Gasteiger partial charge on any atom is -0.327 e. The van der Waals surface area contributed by atoms with E-state index in [4.69, 9.17) is 9.97 Å². The van der Waals surface area contributed by atoms with Crippen molar-refractivity contribution in [1.82, 2.24) is 24.3 Å². The van der Waals surface area contributed by atoms with Gasteiger partial charge in [-0.25, -0.2) is 13.4 Å². The fourth-order valence-corrected chi connectivity index (χ4v) is 6.40. The van der Waals surface area contributed by atoms with E-state index >= 15 is 0 Å². The highest BCUT2D eigenvalue weighted by atomic mass is 32.2. The molecule has 1 aromatic carbocycles. The maximum absolute atomic E-state index is 11.8. The molecule has 4 heterocycles. The van der Waals surface area contributed by atoms with Crippen LogP contribution < -0.4 is 0 Å². The van der Waals surface area contributed by atoms with E-state index in [1.165, 1.54) is 32.2 Å². The zero-order valence-electron chi connectivity index (χ0n) is 21.3. The number of hydrogen-bond acceptors (Lipinski definition) is 6. The second-order valence-corrected chi connectivity index (χ2v) is 12.6. The zero-order valence-corrected chi connectivity index (χ0v) is 22.1. The molecule has 5 rings (SSSR count). The van der Waals surface area contributed by atoms with Gasteiger partial charge in [0, 0.05) is 42.6 Å². The normalized spacial score (nSPS) is 19.7. The van der Waals surface area contributed by atoms with Gasteiger partial charge in [0.25, 0.3) is 0 Å². The standard InChI is InChI=1S/C27H37N5O2S/c1-19(2)31-15-11-22(12-16-31)32-13-9-20(10-14-32)24-17-26-25(18-28-24)29-27(30(26)3)21-5-7-23(8-6-21)35(4,33)34/h5-8,17-20,22H,9-16H2,1-4H3. The highest BCUT2D eigenvalue weighted by Crippen LogP contribution is 2.32. The molecule has 0 aliphatic carbocycles. The number of piperidine rings is 2. The molecule has 0 amide bonds. The van der Waals surface area contributed by atoms with Crippen LogP contribution in [0.25, 0.3) is 22.4 Å². The Kier molecular flexibility index (Phi) is 6.72. The largest absolute Gasteiger partial charge is 0.327 e. The summed E-state index contributed by atoms with van der Waals surface area (Å²) in [5.41, 5.74) is 4.00. The third kappa shape index (κ3) is 5.01. The van der Waals surface area contributed by atoms with Gasteiger partial charge in [0.1, 0.15) is 11.3 Å². The number of rotatable bonds is 5. The van der Waals surface area contributed by atoms with Gasteiger partial charge in [-0.2, -0.15) is 0 Å². The van der Waals surface area contributed by atoms with Crippen molar-refractivity contribution >= 4 is 20.9 Å². The molecular formula is C27H37N5O2S. The van der Waals surface area contributed by atoms with Crippen LogP contribution in [-0.2, 0) is 16.9 Å². The first kappa shape index (κ1) is 24.4. The third-order valence-electron chi connectivity index (χ3n) is 8.02. The fraction of sp³-hybridized carbons (Fsp3) is 0.556. The van der Waals surface area contributed by atoms with Crippen LogP contribution >= 0.6 is 0 Å². The fourth-order valence-electron chi connectivity index (χ4n) is 5.77. The zero-order chi connectivity index (χ0) is 24.7. The Labute approximate surface area is 209 Å². The van der Waals surface area contributed by atoms with Gasteiger partial charge >= 0.3 is 0 Å². The van der Waals surface area contributed by atoms with E-state index in [9.17, 15) is 8.42 Å². The van der Waals surface area contributed by atoms with Crippen LogP contribution in [0.5, 0.6) is 0 Å². The van der Waals surface area contributed by atoms with E-state index in [2.05, 4.69) is 34.3 Å². The summed E-state index contributed by atoms with van der Waals surface area (Å²) in [5, 5.41) is 0. The summed E-state index contributed by atoms with van der Waals surface area (Å²) in [6, 6.07) is 10.5. The molecule has 35 heavy (non-hydrogen) atoms. The molecule has 0 atom stereocenters. The number of pyridine rings is 1. The minimum atomic E-state index is -3.21. The van der Waals surface area contributed by atoms with Crippen LogP contribution in [-0.4, -0.2) is 77.3 Å². The van der Waals surface area contributed by atoms with Crippen molar-refractivity contribution < 1.29 is 8.42 Å². The smallest absolute Gasteiger partial charge is 0.175 e. The summed E-state index contributed by atoms with van der Waals surface area (Å²) >= 11 is 0. The van der Waals surface area contributed by atoms with Crippen molar-refractivity contribution in [2.24, 2.45) is 7.05 Å². The molecule has 3 aromatic rings. The quantitative estimate of drug-likeness (QED) is 0.531. The molecule has 0 N–H and O–H groups in total. The van der Waals surface area contributed by atoms with Gasteiger partial charge in [-0.3, -0.25) is 4.98 Å². The van der Waals surface area contributed by atoms with E-state index in [1.54, 1.807) is 12.1 Å². The van der Waals surface area contributed by atoms with Crippen molar-refractivity contribution in [3.8, 4) is 11.4 Å². The molecule has 8 heteroatoms. The highest BCUT2D eigenvalue weighted by Gasteiger charge is 2.30. The monoisotopic (exact) mass is 495 g/mol. The summed E-state index contributed by atoms with van der Waals surface area (Å²) in [6.07, 6.45) is 8.00. The maximum Gasteiger partial charge on any atom is 0.175 e. The van der Waals surface area contributed by atoms with Crippen molar-refractivity contribution in [2.75, 3.05) is 32.4 Å². The molecule has 0 spiro atoms. The average Bonchev–Trinajstić information content (AvgIpc) is 3.19. The number of imidazole rings is 1. The Balaban J connectivity index is 1.28. The minimum absolute atomic E-state index is 0.320. The molecule has 2 fully saturated rings. The van der Waals surface area contributed by atoms with E-state index in [0.717, 1.165) is 60.1 Å². The number of likely N-dealkylation sites (tertiary alicyclic amines) is 2. The SMILES string of the molecule is CC(C)N1CCC(N2CCC(c3cc4c(cn3)nc(-c3ccc(S(C)(=O)=O)cc3)n4C)CC2)CC1. The Morgan fingerprint density at radius 1 is 0.971 bits per heavy atom. The number of hydrogen-bond donors (Lipinski definition) is 0. The average molecular weight is 496 g/mol. The van der Waals surface area contributed by atoms with Crippen LogP contribution in [0.1, 0.15) is 51.1 Å². The topological polar surface area (TPSA) is 71.3 Å². The number of aryl methyl sites for hydroxylation is 1. The van der Waals surface area contributed by atoms with Crippen molar-refractivity contribution in [3.05, 3.63) is 42.2 Å². The molecule has 0 unspecified atom stereocenters. The second-order valence-electron chi connectivity index (χ2n) is 10.6. The summed E-state index contributed by atoms with van der Waals surface area (Å²) in [4.78, 5) is 15.2. The van der Waals surface area contributed by atoms with Crippen molar-refractivity contribution in [3.63, 3.8) is 0 Å². The third-order valence-corrected chi connectivity index (χ3v) is 9.15. The predicted octanol–water partition coefficient (Wildman–Crippen LogP) is 4.09. The van der Waals surface area contributed by atoms with Gasteiger partial charge in [0.15, 0.2) is 9.84 Å². The Bertz CT molecular complexity index is 1280. The molecule has 2 aliphatic heterocycles. The number of benzene rings is 1. The maximum atomic E-state index is 11.8. The van der Waals surface area contributed by atoms with E-state index in [0.29, 0.717) is 16.9 Å². The molecule has 0 radical (unpaired) electrons. The predicted molar refractivity (Wildman–Crippen MR) is 140 cm³/mol. The number of sulfone groups is 1. The summed E-state index contributed by atoms with van der Waals surface area (Å²) in [7, 11) is -1.20. The van der Waals surface area contributed by atoms with Crippen LogP contribution in [0.2, 0.25) is 0 Å². The van der Waals surface area contributed by atoms with Gasteiger partial charge < -0.3 is 14.4 Å². The van der Waals surface area contributed by atoms with Crippen LogP contribution in [0, 0.1) is 0 Å². The molecule has 0 bridgehead atoms. The highest BCUT2D eigenvalue weighted by molar-refractivity contribution is 7.90. The van der Waals surface area contributed by atoms with Crippen molar-refractivity contribution in [2.45, 2.75) is 62.4 Å². The van der Waals surface area contributed by atoms with Crippen molar-refractivity contribution in [1.29, 1.82) is 0 Å². The molecule has 2 aromatic heterocycles. The van der Waals surface area contributed by atoms with Gasteiger partial charge in [-0.05, 0) is 96.0 Å². The lowest BCUT2D eigenvalue weighted by molar-refractivity contribution is 0.0750. The number of aromatic nitrogens is 3. The molecule has 0 saturated carbocycles. The molecule has 7 nitrogen and oxygen atoms in total. The van der Waals surface area contributed by atoms with Crippen LogP contribution in [0.3, 0.4) is 0 Å². The molecular weight excluding hydrogens is 458 g/mol. The Morgan fingerprint density at radius 2 is 1.63 bits per heavy atom. The second kappa shape index (κ2) is 9.64. The Hall–Kier alpha value is -2.29. The van der Waals surface area contributed by atoms with E-state index < -0.39 is 9.84 Å². The van der Waals surface area contributed by atoms with Crippen LogP contribution in [0.4, 0.5) is 0 Å². The first-order valence-electron chi connectivity index (χ1n) is 12.8. The first-order valence-corrected chi connectivity index (χ1v) is 14.7. The van der Waals surface area contributed by atoms with Gasteiger partial charge in [0.2, 0.25) is 0 Å². The lowest BCUT2D eigenvalue weighted by atomic mass is 9.90. The van der Waals surface area contributed by atoms with Crippen LogP contribution in [0.15, 0.2) is 41.4 Å². The van der Waals surface area contributed by atoms with Gasteiger partial charge in [-0.1, -0.05) is 0 Å². The summed E-state index contributed by atoms with van der Waals surface area (Å²) < 4.78 is 25.7. The number of fused-ring (bicyclic) bond motifs is 1. The lowest BCUT2D eigenvalue weighted by Crippen LogP contribution is -2.48. The first-order chi connectivity index (χ1) is 16.7. The number of nitrogens with zero attached hydrogens (tertiary/aromatic N) is 5. The van der Waals surface area contributed by atoms with Gasteiger partial charge in [-0.15, -0.1) is 0 Å². The molecule has 2 saturated heterocycles. The lowest BCUT2D eigenvalue weighted by Gasteiger charge is -2.42. The van der Waals surface area contributed by atoms with E-state index in [1.807, 2.05) is 25.4 Å². The summed E-state index contributed by atoms with van der Waals surface area (Å²) in [5.74, 6) is 1.31. The molecule has 188 valence electrons. The summed E-state index contributed by atoms with van der Waals surface area (Å²) in [6.45, 7) is 9.35. The molecule has 2 aliphatic rings. The van der Waals surface area contributed by atoms with E-state index in [-0.39, 0.29) is 0 Å². The van der Waals surface area contributed by atoms with Gasteiger partial charge in [0.05, 0.1) is 16.6 Å².